The van der Waals surface area contributed by atoms with Gasteiger partial charge in [0.1, 0.15) is 18.4 Å². The zero-order valence-corrected chi connectivity index (χ0v) is 32.0. The lowest BCUT2D eigenvalue weighted by Gasteiger charge is -2.26. The van der Waals surface area contributed by atoms with Crippen molar-refractivity contribution in [1.82, 2.24) is 20.2 Å². The minimum Gasteiger partial charge on any atom is -0.382 e. The maximum atomic E-state index is 12.6. The van der Waals surface area contributed by atoms with Gasteiger partial charge in [0.2, 0.25) is 0 Å². The van der Waals surface area contributed by atoms with E-state index in [1.54, 1.807) is 6.92 Å². The lowest BCUT2D eigenvalue weighted by atomic mass is 9.95. The zero-order chi connectivity index (χ0) is 39.3. The maximum absolute atomic E-state index is 12.6. The number of nitrogens with one attached hydrogen (secondary N) is 3. The van der Waals surface area contributed by atoms with Gasteiger partial charge in [0.15, 0.2) is 5.11 Å². The quantitative estimate of drug-likeness (QED) is 0.0581. The fourth-order valence-corrected chi connectivity index (χ4v) is 5.41. The normalized spacial score (nSPS) is 16.7. The summed E-state index contributed by atoms with van der Waals surface area (Å²) in [6, 6.07) is 3.86. The molecule has 0 saturated carbocycles. The lowest BCUT2D eigenvalue weighted by molar-refractivity contribution is -0.0547. The van der Waals surface area contributed by atoms with Crippen molar-refractivity contribution in [3.63, 3.8) is 0 Å². The number of nitrogens with zero attached hydrogens (tertiary/aromatic N) is 1. The van der Waals surface area contributed by atoms with Crippen LogP contribution in [0.4, 0.5) is 0 Å². The molecule has 4 N–H and O–H groups in total. The second-order valence-corrected chi connectivity index (χ2v) is 13.4. The van der Waals surface area contributed by atoms with Crippen LogP contribution in [-0.4, -0.2) is 59.1 Å². The Kier molecular flexibility index (Phi) is 22.0. The summed E-state index contributed by atoms with van der Waals surface area (Å²) in [6.07, 6.45) is 5.95. The van der Waals surface area contributed by atoms with Crippen LogP contribution < -0.4 is 21.9 Å². The number of aromatic amines is 1. The van der Waals surface area contributed by atoms with Crippen LogP contribution in [0, 0.1) is 124 Å². The van der Waals surface area contributed by atoms with Gasteiger partial charge in [-0.1, -0.05) is 18.1 Å². The third-order valence-corrected chi connectivity index (χ3v) is 8.42. The molecule has 0 aliphatic carbocycles. The smallest absolute Gasteiger partial charge is 0.330 e. The summed E-state index contributed by atoms with van der Waals surface area (Å²) in [5.74, 6) is 47.7. The van der Waals surface area contributed by atoms with Gasteiger partial charge in [0, 0.05) is 104 Å². The van der Waals surface area contributed by atoms with E-state index >= 15 is 0 Å². The van der Waals surface area contributed by atoms with Gasteiger partial charge in [0.25, 0.3) is 5.56 Å². The summed E-state index contributed by atoms with van der Waals surface area (Å²) in [5.41, 5.74) is -1.17. The average molecular weight is 777 g/mol. The Morgan fingerprint density at radius 3 is 2.04 bits per heavy atom. The Morgan fingerprint density at radius 1 is 0.926 bits per heavy atom. The Morgan fingerprint density at radius 2 is 1.50 bits per heavy atom. The summed E-state index contributed by atoms with van der Waals surface area (Å²) in [4.78, 5) is 36.9. The molecule has 1 aliphatic rings. The highest BCUT2D eigenvalue weighted by molar-refractivity contribution is 8.07. The van der Waals surface area contributed by atoms with Gasteiger partial charge in [-0.05, 0) is 104 Å². The van der Waals surface area contributed by atoms with E-state index in [4.69, 9.17) is 42.5 Å². The monoisotopic (exact) mass is 776 g/mol. The van der Waals surface area contributed by atoms with Gasteiger partial charge in [0.05, 0.1) is 6.61 Å². The van der Waals surface area contributed by atoms with Crippen LogP contribution in [0.3, 0.4) is 0 Å². The first kappa shape index (κ1) is 44.3. The molecule has 1 fully saturated rings. The van der Waals surface area contributed by atoms with E-state index < -0.39 is 42.3 Å². The molecule has 0 amide bonds. The van der Waals surface area contributed by atoms with Crippen LogP contribution in [0.25, 0.3) is 0 Å². The highest BCUT2D eigenvalue weighted by Crippen LogP contribution is 2.50. The number of rotatable bonds is 13. The zero-order valence-electron chi connectivity index (χ0n) is 29.5. The van der Waals surface area contributed by atoms with Gasteiger partial charge in [-0.3, -0.25) is 19.7 Å². The van der Waals surface area contributed by atoms with Gasteiger partial charge < -0.3 is 28.7 Å². The fraction of sp³-hybridized carbons (Fsp3) is 0.325. The summed E-state index contributed by atoms with van der Waals surface area (Å²) >= 11 is 10.3. The summed E-state index contributed by atoms with van der Waals surface area (Å²) in [6.45, 7) is -1.16. The van der Waals surface area contributed by atoms with E-state index in [1.807, 2.05) is 12.2 Å². The number of methoxy groups -OCH3 is 1. The van der Waals surface area contributed by atoms with E-state index in [0.717, 1.165) is 19.3 Å². The van der Waals surface area contributed by atoms with Crippen LogP contribution in [-0.2, 0) is 30.3 Å². The summed E-state index contributed by atoms with van der Waals surface area (Å²) in [5, 5.41) is 6.18. The Bertz CT molecular complexity index is 2360. The molecule has 2 heterocycles. The molecule has 1 aromatic heterocycles. The van der Waals surface area contributed by atoms with E-state index in [9.17, 15) is 14.5 Å². The topological polar surface area (TPSA) is 136 Å². The second-order valence-electron chi connectivity index (χ2n) is 10.1. The number of allylic oxidation sites excluding steroid dienone is 2. The predicted octanol–water partition coefficient (Wildman–Crippen LogP) is 1.54. The van der Waals surface area contributed by atoms with Crippen molar-refractivity contribution in [2.24, 2.45) is 5.92 Å². The number of hydrogen-bond donors (Lipinski definition) is 4. The molecule has 54 heavy (non-hydrogen) atoms. The van der Waals surface area contributed by atoms with E-state index in [2.05, 4.69) is 134 Å². The second kappa shape index (κ2) is 26.9. The Hall–Kier alpha value is -5.84. The average Bonchev–Trinajstić information content (AvgIpc) is 3.46. The van der Waals surface area contributed by atoms with Crippen LogP contribution in [0.1, 0.15) is 38.8 Å². The molecule has 1 saturated heterocycles. The van der Waals surface area contributed by atoms with Crippen molar-refractivity contribution in [1.29, 1.82) is 0 Å². The highest BCUT2D eigenvalue weighted by atomic mass is 32.5. The lowest BCUT2D eigenvalue weighted by Crippen LogP contribution is -2.35. The van der Waals surface area contributed by atoms with Crippen molar-refractivity contribution in [2.45, 2.75) is 51.0 Å². The van der Waals surface area contributed by atoms with E-state index in [-0.39, 0.29) is 6.61 Å². The Labute approximate surface area is 326 Å². The van der Waals surface area contributed by atoms with Crippen LogP contribution >= 0.6 is 18.9 Å². The van der Waals surface area contributed by atoms with Gasteiger partial charge in [-0.2, -0.15) is 0 Å². The molecule has 2 unspecified atom stereocenters. The minimum absolute atomic E-state index is 0.115. The molecule has 11 nitrogen and oxygen atoms in total. The minimum atomic E-state index is -3.58. The van der Waals surface area contributed by atoms with Crippen molar-refractivity contribution in [3.05, 3.63) is 45.3 Å². The Balaban J connectivity index is 1.77. The SMILES string of the molecule is CC#CC#CC#CC#CC#CC#CC#CC#CC#CC#CNC(=S)NCCCC/C=C/C[C@H]1C(OP(O)(=S)OC)[C@@H](COC)O[C@H]1n1ccc(=O)[nH]c1=O. The third kappa shape index (κ3) is 18.6. The largest absolute Gasteiger partial charge is 0.382 e. The maximum Gasteiger partial charge on any atom is 0.330 e. The van der Waals surface area contributed by atoms with Gasteiger partial charge >= 0.3 is 12.4 Å². The molecule has 0 spiro atoms. The first-order valence-corrected chi connectivity index (χ1v) is 18.9. The molecule has 2 rings (SSSR count). The number of H-pyrrole nitrogens is 1. The molecule has 0 aromatic carbocycles. The van der Waals surface area contributed by atoms with E-state index in [1.165, 1.54) is 31.0 Å². The van der Waals surface area contributed by atoms with Crippen LogP contribution in [0.2, 0.25) is 0 Å². The van der Waals surface area contributed by atoms with Crippen molar-refractivity contribution in [3.8, 4) is 119 Å². The van der Waals surface area contributed by atoms with E-state index in [0.29, 0.717) is 18.1 Å². The van der Waals surface area contributed by atoms with Gasteiger partial charge in [-0.15, -0.1) is 0 Å². The van der Waals surface area contributed by atoms with Crippen molar-refractivity contribution >= 4 is 35.9 Å². The van der Waals surface area contributed by atoms with Gasteiger partial charge in [-0.25, -0.2) is 4.79 Å². The predicted molar refractivity (Wildman–Crippen MR) is 214 cm³/mol. The number of hydrogen-bond acceptors (Lipinski definition) is 8. The number of thiocarbonyl (C=S) groups is 1. The molecule has 272 valence electrons. The third-order valence-electron chi connectivity index (χ3n) is 6.49. The molecule has 1 aromatic rings. The molecule has 0 bridgehead atoms. The molecular weight excluding hydrogens is 744 g/mol. The van der Waals surface area contributed by atoms with Crippen LogP contribution in [0.15, 0.2) is 34.0 Å². The standard InChI is InChI=1S/C40H33N4O7PS2/c1-4-5-6-7-8-9-10-11-12-13-14-15-16-17-18-19-20-23-26-30-41-39(53)42-31-27-24-21-22-25-28-34-37(51-52(47,54)49-3)35(33-48-2)50-38(34)44-32-29-36(45)43-40(44)46/h22,25,29,32,34-35,37-38H,21,24,27-28,31,33H2,1-3H3,(H,47,54)(H2,41,42,53)(H,43,45,46)/b25-22+/t34-,35+,37?,38+,52?/m0/s1. The fourth-order valence-electron chi connectivity index (χ4n) is 4.27. The first-order valence-electron chi connectivity index (χ1n) is 15.9. The number of ether oxygens (including phenoxy) is 2. The molecule has 0 radical (unpaired) electrons. The molecule has 1 aliphatic heterocycles. The number of unbranched alkanes of at least 4 members (excludes halogenated alkanes) is 2. The summed E-state index contributed by atoms with van der Waals surface area (Å²) < 4.78 is 23.5. The van der Waals surface area contributed by atoms with Crippen molar-refractivity contribution in [2.75, 3.05) is 27.4 Å². The van der Waals surface area contributed by atoms with Crippen molar-refractivity contribution < 1.29 is 23.4 Å². The molecule has 5 atom stereocenters. The molecule has 14 heteroatoms. The first-order chi connectivity index (χ1) is 26.2. The highest BCUT2D eigenvalue weighted by Gasteiger charge is 2.48. The summed E-state index contributed by atoms with van der Waals surface area (Å²) in [7, 11) is 2.76. The van der Waals surface area contributed by atoms with Crippen LogP contribution in [0.5, 0.6) is 0 Å². The molecular formula is C40H33N4O7PS2. The number of aromatic nitrogens is 2.